The van der Waals surface area contributed by atoms with Crippen LogP contribution in [0.4, 0.5) is 0 Å². The quantitative estimate of drug-likeness (QED) is 0.0838. The minimum absolute atomic E-state index is 0.298. The molecule has 0 aliphatic heterocycles. The molecule has 6 nitrogen and oxygen atoms in total. The average Bonchev–Trinajstić information content (AvgIpc) is 2.93. The largest absolute Gasteiger partial charge is 0.497 e. The fourth-order valence-electron chi connectivity index (χ4n) is 3.99. The molecule has 3 aromatic carbocycles. The van der Waals surface area contributed by atoms with E-state index in [4.69, 9.17) is 18.9 Å². The number of benzene rings is 3. The zero-order valence-corrected chi connectivity index (χ0v) is 22.5. The molecule has 0 saturated heterocycles. The highest BCUT2D eigenvalue weighted by atomic mass is 16.5. The van der Waals surface area contributed by atoms with Crippen LogP contribution in [0.1, 0.15) is 68.6 Å². The van der Waals surface area contributed by atoms with Crippen molar-refractivity contribution in [3.8, 4) is 17.2 Å². The number of rotatable bonds is 16. The first-order chi connectivity index (χ1) is 18.5. The number of hydrogen-bond acceptors (Lipinski definition) is 6. The molecule has 0 atom stereocenters. The molecular formula is C32H38O6. The molecule has 0 aliphatic rings. The standard InChI is InChI=1S/C32H38O6/c1-24(2)31(33)37-21-11-9-7-5-4-6-8-10-20-36-30-15-14-25-22-27(13-12-26(25)23-30)32(34)38-29-18-16-28(35-3)17-19-29/h12-19,22-23H,1,4-11,20-21H2,2-3H3. The Balaban J connectivity index is 1.31. The molecule has 0 N–H and O–H groups in total. The second-order valence-corrected chi connectivity index (χ2v) is 9.38. The van der Waals surface area contributed by atoms with E-state index in [2.05, 4.69) is 6.58 Å². The summed E-state index contributed by atoms with van der Waals surface area (Å²) in [5.41, 5.74) is 0.946. The Morgan fingerprint density at radius 3 is 1.89 bits per heavy atom. The number of esters is 2. The van der Waals surface area contributed by atoms with E-state index < -0.39 is 5.97 Å². The van der Waals surface area contributed by atoms with Crippen LogP contribution in [-0.4, -0.2) is 32.3 Å². The van der Waals surface area contributed by atoms with Crippen molar-refractivity contribution in [3.63, 3.8) is 0 Å². The molecule has 0 bridgehead atoms. The number of carbonyl (C=O) groups is 2. The highest BCUT2D eigenvalue weighted by Gasteiger charge is 2.10. The minimum atomic E-state index is -0.401. The summed E-state index contributed by atoms with van der Waals surface area (Å²) in [6.07, 6.45) is 8.93. The van der Waals surface area contributed by atoms with Crippen LogP contribution in [0.2, 0.25) is 0 Å². The monoisotopic (exact) mass is 518 g/mol. The van der Waals surface area contributed by atoms with Gasteiger partial charge in [-0.2, -0.15) is 0 Å². The van der Waals surface area contributed by atoms with Crippen molar-refractivity contribution < 1.29 is 28.5 Å². The Hall–Kier alpha value is -3.80. The van der Waals surface area contributed by atoms with Crippen LogP contribution in [0.5, 0.6) is 17.2 Å². The molecule has 0 radical (unpaired) electrons. The van der Waals surface area contributed by atoms with Gasteiger partial charge in [-0.25, -0.2) is 9.59 Å². The van der Waals surface area contributed by atoms with E-state index in [0.717, 1.165) is 42.2 Å². The SMILES string of the molecule is C=C(C)C(=O)OCCCCCCCCCCOc1ccc2cc(C(=O)Oc3ccc(OC)cc3)ccc2c1. The first-order valence-corrected chi connectivity index (χ1v) is 13.3. The van der Waals surface area contributed by atoms with Crippen LogP contribution in [-0.2, 0) is 9.53 Å². The van der Waals surface area contributed by atoms with Gasteiger partial charge >= 0.3 is 11.9 Å². The van der Waals surface area contributed by atoms with Crippen molar-refractivity contribution in [2.45, 2.75) is 58.3 Å². The van der Waals surface area contributed by atoms with E-state index >= 15 is 0 Å². The lowest BCUT2D eigenvalue weighted by Crippen LogP contribution is -2.08. The molecule has 0 heterocycles. The van der Waals surface area contributed by atoms with Gasteiger partial charge in [0.05, 0.1) is 25.9 Å². The highest BCUT2D eigenvalue weighted by Crippen LogP contribution is 2.24. The third kappa shape index (κ3) is 9.58. The third-order valence-electron chi connectivity index (χ3n) is 6.21. The smallest absolute Gasteiger partial charge is 0.343 e. The van der Waals surface area contributed by atoms with Gasteiger partial charge in [0.15, 0.2) is 0 Å². The topological polar surface area (TPSA) is 71.1 Å². The summed E-state index contributed by atoms with van der Waals surface area (Å²) in [6.45, 7) is 6.41. The van der Waals surface area contributed by atoms with Gasteiger partial charge in [-0.3, -0.25) is 0 Å². The molecule has 0 spiro atoms. The fourth-order valence-corrected chi connectivity index (χ4v) is 3.99. The summed E-state index contributed by atoms with van der Waals surface area (Å²) in [6, 6.07) is 18.3. The molecule has 202 valence electrons. The van der Waals surface area contributed by atoms with Crippen molar-refractivity contribution in [1.29, 1.82) is 0 Å². The van der Waals surface area contributed by atoms with Gasteiger partial charge in [-0.15, -0.1) is 0 Å². The van der Waals surface area contributed by atoms with Gasteiger partial charge in [0.1, 0.15) is 17.2 Å². The number of hydrogen-bond donors (Lipinski definition) is 0. The summed E-state index contributed by atoms with van der Waals surface area (Å²) in [5, 5.41) is 1.97. The zero-order valence-electron chi connectivity index (χ0n) is 22.5. The lowest BCUT2D eigenvalue weighted by Gasteiger charge is -2.09. The highest BCUT2D eigenvalue weighted by molar-refractivity contribution is 5.96. The Bertz CT molecular complexity index is 1200. The van der Waals surface area contributed by atoms with E-state index in [0.29, 0.717) is 35.8 Å². The van der Waals surface area contributed by atoms with E-state index in [1.807, 2.05) is 30.3 Å². The van der Waals surface area contributed by atoms with Gasteiger partial charge in [-0.1, -0.05) is 57.2 Å². The van der Waals surface area contributed by atoms with Gasteiger partial charge in [-0.05, 0) is 79.1 Å². The van der Waals surface area contributed by atoms with Gasteiger partial charge in [0.25, 0.3) is 0 Å². The Morgan fingerprint density at radius 1 is 0.684 bits per heavy atom. The van der Waals surface area contributed by atoms with E-state index in [9.17, 15) is 9.59 Å². The molecule has 3 aromatic rings. The third-order valence-corrected chi connectivity index (χ3v) is 6.21. The maximum absolute atomic E-state index is 12.6. The van der Waals surface area contributed by atoms with Crippen LogP contribution in [0, 0.1) is 0 Å². The lowest BCUT2D eigenvalue weighted by atomic mass is 10.1. The molecule has 0 saturated carbocycles. The normalized spacial score (nSPS) is 10.7. The van der Waals surface area contributed by atoms with Crippen LogP contribution >= 0.6 is 0 Å². The number of ether oxygens (including phenoxy) is 4. The van der Waals surface area contributed by atoms with Crippen LogP contribution in [0.25, 0.3) is 10.8 Å². The number of fused-ring (bicyclic) bond motifs is 1. The number of carbonyl (C=O) groups excluding carboxylic acids is 2. The average molecular weight is 519 g/mol. The molecule has 0 unspecified atom stereocenters. The molecule has 3 rings (SSSR count). The van der Waals surface area contributed by atoms with E-state index in [-0.39, 0.29) is 5.97 Å². The summed E-state index contributed by atoms with van der Waals surface area (Å²) < 4.78 is 21.6. The van der Waals surface area contributed by atoms with Crippen molar-refractivity contribution in [2.24, 2.45) is 0 Å². The first-order valence-electron chi connectivity index (χ1n) is 13.3. The molecule has 0 amide bonds. The van der Waals surface area contributed by atoms with Crippen molar-refractivity contribution in [3.05, 3.63) is 78.4 Å². The van der Waals surface area contributed by atoms with Crippen molar-refractivity contribution in [1.82, 2.24) is 0 Å². The molecule has 0 fully saturated rings. The molecule has 38 heavy (non-hydrogen) atoms. The summed E-state index contributed by atoms with van der Waals surface area (Å²) in [4.78, 5) is 23.9. The predicted molar refractivity (Wildman–Crippen MR) is 150 cm³/mol. The Morgan fingerprint density at radius 2 is 1.24 bits per heavy atom. The maximum atomic E-state index is 12.6. The first kappa shape index (κ1) is 28.8. The molecule has 0 aliphatic carbocycles. The van der Waals surface area contributed by atoms with Crippen LogP contribution in [0.3, 0.4) is 0 Å². The summed E-state index contributed by atoms with van der Waals surface area (Å²) in [5.74, 6) is 1.31. The van der Waals surface area contributed by atoms with Crippen LogP contribution in [0.15, 0.2) is 72.8 Å². The summed E-state index contributed by atoms with van der Waals surface area (Å²) >= 11 is 0. The second-order valence-electron chi connectivity index (χ2n) is 9.38. The fraction of sp³-hybridized carbons (Fsp3) is 0.375. The van der Waals surface area contributed by atoms with Gasteiger partial charge in [0.2, 0.25) is 0 Å². The van der Waals surface area contributed by atoms with Crippen molar-refractivity contribution >= 4 is 22.7 Å². The van der Waals surface area contributed by atoms with Crippen LogP contribution < -0.4 is 14.2 Å². The van der Waals surface area contributed by atoms with Crippen molar-refractivity contribution in [2.75, 3.05) is 20.3 Å². The molecule has 0 aromatic heterocycles. The number of methoxy groups -OCH3 is 1. The van der Waals surface area contributed by atoms with Gasteiger partial charge in [0, 0.05) is 5.57 Å². The number of unbranched alkanes of at least 4 members (excludes halogenated alkanes) is 7. The minimum Gasteiger partial charge on any atom is -0.497 e. The van der Waals surface area contributed by atoms with E-state index in [1.165, 1.54) is 25.7 Å². The molecular weight excluding hydrogens is 480 g/mol. The summed E-state index contributed by atoms with van der Waals surface area (Å²) in [7, 11) is 1.59. The maximum Gasteiger partial charge on any atom is 0.343 e. The molecule has 6 heteroatoms. The van der Waals surface area contributed by atoms with E-state index in [1.54, 1.807) is 44.4 Å². The lowest BCUT2D eigenvalue weighted by molar-refractivity contribution is -0.139. The Labute approximate surface area is 225 Å². The van der Waals surface area contributed by atoms with Gasteiger partial charge < -0.3 is 18.9 Å². The second kappa shape index (κ2) is 15.5. The Kier molecular flexibility index (Phi) is 11.7. The zero-order chi connectivity index (χ0) is 27.2. The predicted octanol–water partition coefficient (Wildman–Crippen LogP) is 7.69.